The number of halogens is 2. The minimum absolute atomic E-state index is 0.234. The van der Waals surface area contributed by atoms with Crippen LogP contribution in [0.3, 0.4) is 0 Å². The number of carbonyl (C=O) groups excluding carboxylic acids is 1. The van der Waals surface area contributed by atoms with Gasteiger partial charge in [-0.3, -0.25) is 4.79 Å². The molecule has 1 unspecified atom stereocenters. The van der Waals surface area contributed by atoms with E-state index in [-0.39, 0.29) is 11.9 Å². The topological polar surface area (TPSA) is 57.8 Å². The fourth-order valence-electron chi connectivity index (χ4n) is 1.53. The monoisotopic (exact) mass is 283 g/mol. The molecule has 0 radical (unpaired) electrons. The molecule has 0 spiro atoms. The minimum atomic E-state index is -0.286. The Morgan fingerprint density at radius 3 is 2.89 bits per heavy atom. The molecule has 2 N–H and O–H groups in total. The maximum atomic E-state index is 12.0. The van der Waals surface area contributed by atoms with Gasteiger partial charge in [0.05, 0.1) is 16.6 Å². The summed E-state index contributed by atoms with van der Waals surface area (Å²) in [6.45, 7) is 1.83. The Labute approximate surface area is 114 Å². The third-order valence-corrected chi connectivity index (χ3v) is 3.01. The summed E-state index contributed by atoms with van der Waals surface area (Å²) in [5.74, 6) is 0.396. The van der Waals surface area contributed by atoms with Crippen LogP contribution < -0.4 is 5.32 Å². The molecule has 1 atom stereocenters. The van der Waals surface area contributed by atoms with Gasteiger partial charge in [-0.2, -0.15) is 0 Å². The lowest BCUT2D eigenvalue weighted by Gasteiger charge is -2.12. The minimum Gasteiger partial charge on any atom is -0.347 e. The normalized spacial score (nSPS) is 12.2. The summed E-state index contributed by atoms with van der Waals surface area (Å²) in [6, 6.07) is 4.53. The molecule has 2 rings (SSSR count). The summed E-state index contributed by atoms with van der Waals surface area (Å²) in [6.07, 6.45) is 3.33. The number of nitrogens with zero attached hydrogens (tertiary/aromatic N) is 1. The molecular formula is C12H11Cl2N3O. The summed E-state index contributed by atoms with van der Waals surface area (Å²) in [5.41, 5.74) is 0.350. The average Bonchev–Trinajstić information content (AvgIpc) is 2.85. The molecule has 18 heavy (non-hydrogen) atoms. The van der Waals surface area contributed by atoms with E-state index in [1.807, 2.05) is 6.92 Å². The summed E-state index contributed by atoms with van der Waals surface area (Å²) in [4.78, 5) is 19.0. The molecule has 0 saturated carbocycles. The van der Waals surface area contributed by atoms with Crippen LogP contribution in [0.1, 0.15) is 29.1 Å². The number of hydrogen-bond acceptors (Lipinski definition) is 2. The summed E-state index contributed by atoms with van der Waals surface area (Å²) >= 11 is 11.8. The van der Waals surface area contributed by atoms with Gasteiger partial charge in [0.1, 0.15) is 5.82 Å². The van der Waals surface area contributed by atoms with Crippen molar-refractivity contribution in [1.29, 1.82) is 0 Å². The van der Waals surface area contributed by atoms with Crippen molar-refractivity contribution in [1.82, 2.24) is 15.3 Å². The summed E-state index contributed by atoms with van der Waals surface area (Å²) in [5, 5.41) is 3.62. The van der Waals surface area contributed by atoms with Gasteiger partial charge in [-0.1, -0.05) is 23.2 Å². The molecule has 0 aliphatic heterocycles. The van der Waals surface area contributed by atoms with Crippen LogP contribution in [0, 0.1) is 0 Å². The molecule has 0 bridgehead atoms. The number of imidazole rings is 1. The molecule has 1 heterocycles. The van der Waals surface area contributed by atoms with Gasteiger partial charge in [0.2, 0.25) is 0 Å². The SMILES string of the molecule is CC(NC(=O)c1cc(Cl)ccc1Cl)c1ncc[nH]1. The van der Waals surface area contributed by atoms with Crippen molar-refractivity contribution < 1.29 is 4.79 Å². The predicted octanol–water partition coefficient (Wildman–Crippen LogP) is 3.21. The first kappa shape index (κ1) is 12.9. The Morgan fingerprint density at radius 2 is 2.22 bits per heavy atom. The molecule has 2 aromatic rings. The molecule has 4 nitrogen and oxygen atoms in total. The lowest BCUT2D eigenvalue weighted by molar-refractivity contribution is 0.0938. The fraction of sp³-hybridized carbons (Fsp3) is 0.167. The Morgan fingerprint density at radius 1 is 1.44 bits per heavy atom. The number of H-pyrrole nitrogens is 1. The third kappa shape index (κ3) is 2.83. The first-order valence-corrected chi connectivity index (χ1v) is 6.08. The van der Waals surface area contributed by atoms with Gasteiger partial charge in [0.25, 0.3) is 5.91 Å². The molecule has 0 fully saturated rings. The molecule has 0 aliphatic carbocycles. The summed E-state index contributed by atoms with van der Waals surface area (Å²) < 4.78 is 0. The highest BCUT2D eigenvalue weighted by atomic mass is 35.5. The number of amides is 1. The van der Waals surface area contributed by atoms with Crippen molar-refractivity contribution in [3.8, 4) is 0 Å². The van der Waals surface area contributed by atoms with Gasteiger partial charge in [0.15, 0.2) is 0 Å². The number of benzene rings is 1. The average molecular weight is 284 g/mol. The van der Waals surface area contributed by atoms with Crippen LogP contribution in [0.15, 0.2) is 30.6 Å². The highest BCUT2D eigenvalue weighted by molar-refractivity contribution is 6.35. The van der Waals surface area contributed by atoms with E-state index >= 15 is 0 Å². The largest absolute Gasteiger partial charge is 0.347 e. The Kier molecular flexibility index (Phi) is 3.89. The van der Waals surface area contributed by atoms with E-state index in [2.05, 4.69) is 15.3 Å². The number of rotatable bonds is 3. The number of hydrogen-bond donors (Lipinski definition) is 2. The molecule has 0 saturated heterocycles. The van der Waals surface area contributed by atoms with Crippen LogP contribution in [-0.2, 0) is 0 Å². The first-order valence-electron chi connectivity index (χ1n) is 5.33. The highest BCUT2D eigenvalue weighted by Crippen LogP contribution is 2.21. The van der Waals surface area contributed by atoms with E-state index in [1.165, 1.54) is 6.07 Å². The van der Waals surface area contributed by atoms with Crippen LogP contribution in [0.4, 0.5) is 0 Å². The van der Waals surface area contributed by atoms with Gasteiger partial charge < -0.3 is 10.3 Å². The van der Waals surface area contributed by atoms with Gasteiger partial charge in [-0.15, -0.1) is 0 Å². The second-order valence-corrected chi connectivity index (χ2v) is 4.64. The molecule has 0 aliphatic rings. The third-order valence-electron chi connectivity index (χ3n) is 2.45. The zero-order chi connectivity index (χ0) is 13.1. The summed E-state index contributed by atoms with van der Waals surface area (Å²) in [7, 11) is 0. The molecule has 1 aromatic heterocycles. The Bertz CT molecular complexity index is 554. The van der Waals surface area contributed by atoms with Crippen molar-refractivity contribution in [3.05, 3.63) is 52.0 Å². The number of nitrogens with one attached hydrogen (secondary N) is 2. The lowest BCUT2D eigenvalue weighted by atomic mass is 10.2. The van der Waals surface area contributed by atoms with Crippen molar-refractivity contribution in [2.45, 2.75) is 13.0 Å². The number of aromatic nitrogens is 2. The highest BCUT2D eigenvalue weighted by Gasteiger charge is 2.15. The molecule has 6 heteroatoms. The quantitative estimate of drug-likeness (QED) is 0.909. The van der Waals surface area contributed by atoms with E-state index in [1.54, 1.807) is 24.5 Å². The Balaban J connectivity index is 2.15. The van der Waals surface area contributed by atoms with Crippen LogP contribution in [0.5, 0.6) is 0 Å². The number of aromatic amines is 1. The predicted molar refractivity (Wildman–Crippen MR) is 70.9 cm³/mol. The Hall–Kier alpha value is -1.52. The molecule has 1 amide bonds. The maximum Gasteiger partial charge on any atom is 0.253 e. The fourth-order valence-corrected chi connectivity index (χ4v) is 1.90. The van der Waals surface area contributed by atoms with E-state index in [0.717, 1.165) is 0 Å². The van der Waals surface area contributed by atoms with Crippen molar-refractivity contribution in [2.24, 2.45) is 0 Å². The van der Waals surface area contributed by atoms with E-state index in [9.17, 15) is 4.79 Å². The second kappa shape index (κ2) is 5.42. The van der Waals surface area contributed by atoms with E-state index in [0.29, 0.717) is 21.4 Å². The van der Waals surface area contributed by atoms with Crippen molar-refractivity contribution >= 4 is 29.1 Å². The van der Waals surface area contributed by atoms with Gasteiger partial charge in [-0.05, 0) is 25.1 Å². The van der Waals surface area contributed by atoms with Crippen LogP contribution in [-0.4, -0.2) is 15.9 Å². The molecular weight excluding hydrogens is 273 g/mol. The zero-order valence-corrected chi connectivity index (χ0v) is 11.1. The van der Waals surface area contributed by atoms with Crippen LogP contribution in [0.25, 0.3) is 0 Å². The van der Waals surface area contributed by atoms with Gasteiger partial charge in [-0.25, -0.2) is 4.98 Å². The maximum absolute atomic E-state index is 12.0. The van der Waals surface area contributed by atoms with E-state index in [4.69, 9.17) is 23.2 Å². The smallest absolute Gasteiger partial charge is 0.253 e. The first-order chi connectivity index (χ1) is 8.58. The molecule has 94 valence electrons. The standard InChI is InChI=1S/C12H11Cl2N3O/c1-7(11-15-4-5-16-11)17-12(18)9-6-8(13)2-3-10(9)14/h2-7H,1H3,(H,15,16)(H,17,18). The van der Waals surface area contributed by atoms with Crippen molar-refractivity contribution in [3.63, 3.8) is 0 Å². The lowest BCUT2D eigenvalue weighted by Crippen LogP contribution is -2.27. The van der Waals surface area contributed by atoms with E-state index < -0.39 is 0 Å². The van der Waals surface area contributed by atoms with Gasteiger partial charge >= 0.3 is 0 Å². The van der Waals surface area contributed by atoms with Crippen LogP contribution in [0.2, 0.25) is 10.0 Å². The number of carbonyl (C=O) groups is 1. The van der Waals surface area contributed by atoms with Crippen molar-refractivity contribution in [2.75, 3.05) is 0 Å². The second-order valence-electron chi connectivity index (χ2n) is 3.79. The van der Waals surface area contributed by atoms with Crippen LogP contribution >= 0.6 is 23.2 Å². The molecule has 1 aromatic carbocycles. The zero-order valence-electron chi connectivity index (χ0n) is 9.58. The van der Waals surface area contributed by atoms with Gasteiger partial charge in [0, 0.05) is 17.4 Å².